The lowest BCUT2D eigenvalue weighted by atomic mass is 10.1. The number of nitrogens with zero attached hydrogens (tertiary/aromatic N) is 4. The normalized spacial score (nSPS) is 10.7. The van der Waals surface area contributed by atoms with E-state index in [1.54, 1.807) is 19.1 Å². The molecule has 2 aromatic rings. The highest BCUT2D eigenvalue weighted by Crippen LogP contribution is 2.25. The van der Waals surface area contributed by atoms with E-state index < -0.39 is 0 Å². The molecule has 0 saturated heterocycles. The first-order valence-electron chi connectivity index (χ1n) is 5.82. The zero-order valence-corrected chi connectivity index (χ0v) is 12.2. The summed E-state index contributed by atoms with van der Waals surface area (Å²) in [7, 11) is 0. The number of rotatable bonds is 4. The molecule has 0 aliphatic heterocycles. The Morgan fingerprint density at radius 1 is 1.42 bits per heavy atom. The Hall–Kier alpha value is -1.76. The Morgan fingerprint density at radius 3 is 2.68 bits per heavy atom. The average Bonchev–Trinajstić information content (AvgIpc) is 2.80. The standard InChI is InChI=1S/C12H13BrN4O2/c1-3-16-11(7-13)14-15-12(16)9-4-5-10(17(18)19)8(2)6-9/h4-6H,3,7H2,1-2H3. The molecule has 0 bridgehead atoms. The van der Waals surface area contributed by atoms with Crippen LogP contribution in [-0.4, -0.2) is 19.7 Å². The van der Waals surface area contributed by atoms with Gasteiger partial charge in [0, 0.05) is 23.7 Å². The number of aromatic nitrogens is 3. The van der Waals surface area contributed by atoms with Crippen molar-refractivity contribution in [1.29, 1.82) is 0 Å². The molecular formula is C12H13BrN4O2. The second-order valence-electron chi connectivity index (χ2n) is 4.08. The molecule has 0 radical (unpaired) electrons. The van der Waals surface area contributed by atoms with E-state index in [1.165, 1.54) is 6.07 Å². The van der Waals surface area contributed by atoms with E-state index in [2.05, 4.69) is 26.1 Å². The summed E-state index contributed by atoms with van der Waals surface area (Å²) in [6.45, 7) is 4.48. The van der Waals surface area contributed by atoms with E-state index in [4.69, 9.17) is 0 Å². The summed E-state index contributed by atoms with van der Waals surface area (Å²) in [6.07, 6.45) is 0. The summed E-state index contributed by atoms with van der Waals surface area (Å²) in [5, 5.41) is 19.7. The first kappa shape index (κ1) is 13.7. The van der Waals surface area contributed by atoms with Gasteiger partial charge in [-0.05, 0) is 26.0 Å². The van der Waals surface area contributed by atoms with Crippen molar-refractivity contribution < 1.29 is 4.92 Å². The Morgan fingerprint density at radius 2 is 2.16 bits per heavy atom. The number of benzene rings is 1. The molecule has 0 N–H and O–H groups in total. The third-order valence-corrected chi connectivity index (χ3v) is 3.42. The largest absolute Gasteiger partial charge is 0.311 e. The fourth-order valence-electron chi connectivity index (χ4n) is 1.98. The first-order chi connectivity index (χ1) is 9.08. The highest BCUT2D eigenvalue weighted by molar-refractivity contribution is 9.08. The maximum atomic E-state index is 10.8. The molecule has 6 nitrogen and oxygen atoms in total. The zero-order valence-electron chi connectivity index (χ0n) is 10.6. The van der Waals surface area contributed by atoms with Crippen LogP contribution >= 0.6 is 15.9 Å². The SMILES string of the molecule is CCn1c(CBr)nnc1-c1ccc([N+](=O)[O-])c(C)c1. The predicted octanol–water partition coefficient (Wildman–Crippen LogP) is 3.08. The molecule has 0 saturated carbocycles. The molecule has 1 aromatic heterocycles. The van der Waals surface area contributed by atoms with Crippen molar-refractivity contribution in [3.05, 3.63) is 39.7 Å². The van der Waals surface area contributed by atoms with Gasteiger partial charge < -0.3 is 4.57 Å². The van der Waals surface area contributed by atoms with Crippen LogP contribution in [0.15, 0.2) is 18.2 Å². The number of hydrogen-bond donors (Lipinski definition) is 0. The van der Waals surface area contributed by atoms with Gasteiger partial charge in [-0.3, -0.25) is 10.1 Å². The van der Waals surface area contributed by atoms with Crippen molar-refractivity contribution in [2.75, 3.05) is 0 Å². The summed E-state index contributed by atoms with van der Waals surface area (Å²) >= 11 is 3.37. The van der Waals surface area contributed by atoms with E-state index in [-0.39, 0.29) is 10.6 Å². The van der Waals surface area contributed by atoms with E-state index in [0.717, 1.165) is 23.8 Å². The third-order valence-electron chi connectivity index (χ3n) is 2.91. The molecule has 1 heterocycles. The second-order valence-corrected chi connectivity index (χ2v) is 4.64. The minimum atomic E-state index is -0.381. The van der Waals surface area contributed by atoms with Gasteiger partial charge in [-0.2, -0.15) is 0 Å². The highest BCUT2D eigenvalue weighted by atomic mass is 79.9. The number of aryl methyl sites for hydroxylation is 1. The molecule has 7 heteroatoms. The van der Waals surface area contributed by atoms with Crippen molar-refractivity contribution in [2.24, 2.45) is 0 Å². The maximum absolute atomic E-state index is 10.8. The molecule has 2 rings (SSSR count). The number of alkyl halides is 1. The summed E-state index contributed by atoms with van der Waals surface area (Å²) in [6, 6.07) is 4.98. The minimum absolute atomic E-state index is 0.118. The number of nitro groups is 1. The van der Waals surface area contributed by atoms with Gasteiger partial charge in [0.15, 0.2) is 5.82 Å². The fraction of sp³-hybridized carbons (Fsp3) is 0.333. The summed E-state index contributed by atoms with van der Waals surface area (Å²) in [5.41, 5.74) is 1.57. The van der Waals surface area contributed by atoms with Crippen LogP contribution < -0.4 is 0 Å². The lowest BCUT2D eigenvalue weighted by molar-refractivity contribution is -0.385. The smallest absolute Gasteiger partial charge is 0.272 e. The Bertz CT molecular complexity index is 624. The zero-order chi connectivity index (χ0) is 14.0. The van der Waals surface area contributed by atoms with E-state index in [9.17, 15) is 10.1 Å². The summed E-state index contributed by atoms with van der Waals surface area (Å²) in [4.78, 5) is 10.4. The van der Waals surface area contributed by atoms with Gasteiger partial charge >= 0.3 is 0 Å². The van der Waals surface area contributed by atoms with E-state index in [1.807, 2.05) is 11.5 Å². The molecule has 0 fully saturated rings. The van der Waals surface area contributed by atoms with Crippen LogP contribution in [0.4, 0.5) is 5.69 Å². The van der Waals surface area contributed by atoms with Gasteiger partial charge in [-0.1, -0.05) is 15.9 Å². The molecule has 0 atom stereocenters. The topological polar surface area (TPSA) is 73.8 Å². The third kappa shape index (κ3) is 2.51. The van der Waals surface area contributed by atoms with Crippen molar-refractivity contribution in [3.63, 3.8) is 0 Å². The van der Waals surface area contributed by atoms with Crippen LogP contribution in [0, 0.1) is 17.0 Å². The lowest BCUT2D eigenvalue weighted by Crippen LogP contribution is -2.02. The van der Waals surface area contributed by atoms with Gasteiger partial charge in [-0.25, -0.2) is 0 Å². The quantitative estimate of drug-likeness (QED) is 0.492. The highest BCUT2D eigenvalue weighted by Gasteiger charge is 2.15. The lowest BCUT2D eigenvalue weighted by Gasteiger charge is -2.06. The monoisotopic (exact) mass is 324 g/mol. The molecular weight excluding hydrogens is 312 g/mol. The van der Waals surface area contributed by atoms with Crippen LogP contribution in [0.2, 0.25) is 0 Å². The van der Waals surface area contributed by atoms with Crippen LogP contribution in [0.3, 0.4) is 0 Å². The summed E-state index contributed by atoms with van der Waals surface area (Å²) < 4.78 is 1.98. The van der Waals surface area contributed by atoms with Crippen molar-refractivity contribution in [1.82, 2.24) is 14.8 Å². The van der Waals surface area contributed by atoms with Gasteiger partial charge in [0.2, 0.25) is 0 Å². The Kier molecular flexibility index (Phi) is 3.94. The molecule has 0 unspecified atom stereocenters. The molecule has 0 spiro atoms. The second kappa shape index (κ2) is 5.48. The number of hydrogen-bond acceptors (Lipinski definition) is 4. The molecule has 1 aromatic carbocycles. The van der Waals surface area contributed by atoms with Gasteiger partial charge in [0.1, 0.15) is 5.82 Å². The van der Waals surface area contributed by atoms with E-state index in [0.29, 0.717) is 10.9 Å². The van der Waals surface area contributed by atoms with Crippen molar-refractivity contribution in [2.45, 2.75) is 25.7 Å². The van der Waals surface area contributed by atoms with Crippen LogP contribution in [0.5, 0.6) is 0 Å². The van der Waals surface area contributed by atoms with E-state index >= 15 is 0 Å². The minimum Gasteiger partial charge on any atom is -0.311 e. The average molecular weight is 325 g/mol. The first-order valence-corrected chi connectivity index (χ1v) is 6.94. The van der Waals surface area contributed by atoms with Gasteiger partial charge in [-0.15, -0.1) is 10.2 Å². The molecule has 0 aliphatic rings. The van der Waals surface area contributed by atoms with Gasteiger partial charge in [0.05, 0.1) is 10.3 Å². The molecule has 0 aliphatic carbocycles. The fourth-order valence-corrected chi connectivity index (χ4v) is 2.39. The van der Waals surface area contributed by atoms with Crippen molar-refractivity contribution >= 4 is 21.6 Å². The van der Waals surface area contributed by atoms with Gasteiger partial charge in [0.25, 0.3) is 5.69 Å². The Balaban J connectivity index is 2.51. The van der Waals surface area contributed by atoms with Crippen LogP contribution in [-0.2, 0) is 11.9 Å². The predicted molar refractivity (Wildman–Crippen MR) is 75.2 cm³/mol. The molecule has 19 heavy (non-hydrogen) atoms. The molecule has 0 amide bonds. The maximum Gasteiger partial charge on any atom is 0.272 e. The van der Waals surface area contributed by atoms with Crippen molar-refractivity contribution in [3.8, 4) is 11.4 Å². The Labute approximate surface area is 118 Å². The van der Waals surface area contributed by atoms with Crippen LogP contribution in [0.25, 0.3) is 11.4 Å². The molecule has 100 valence electrons. The summed E-state index contributed by atoms with van der Waals surface area (Å²) in [5.74, 6) is 1.57. The number of halogens is 1. The van der Waals surface area contributed by atoms with Crippen LogP contribution in [0.1, 0.15) is 18.3 Å². The number of nitro benzene ring substituents is 1.